The van der Waals surface area contributed by atoms with Crippen LogP contribution in [0, 0.1) is 6.92 Å². The number of aromatic nitrogens is 1. The molecule has 0 saturated heterocycles. The maximum Gasteiger partial charge on any atom is 0.408 e. The molecule has 2 rings (SSSR count). The highest BCUT2D eigenvalue weighted by Gasteiger charge is 2.26. The molecule has 1 N–H and O–H groups in total. The summed E-state index contributed by atoms with van der Waals surface area (Å²) in [7, 11) is 4.08. The largest absolute Gasteiger partial charge is 0.444 e. The van der Waals surface area contributed by atoms with Crippen LogP contribution in [0.4, 0.5) is 4.79 Å². The molecule has 0 fully saturated rings. The van der Waals surface area contributed by atoms with Crippen LogP contribution in [0.5, 0.6) is 0 Å². The minimum atomic E-state index is -0.631. The number of ether oxygens (including phenoxy) is 1. The summed E-state index contributed by atoms with van der Waals surface area (Å²) in [4.78, 5) is 27.8. The molecule has 2 aromatic rings. The Bertz CT molecular complexity index is 862. The second kappa shape index (κ2) is 9.44. The number of fused-ring (bicyclic) bond motifs is 1. The van der Waals surface area contributed by atoms with E-state index in [9.17, 15) is 9.59 Å². The van der Waals surface area contributed by atoms with Gasteiger partial charge in [-0.05, 0) is 72.3 Å². The van der Waals surface area contributed by atoms with Crippen molar-refractivity contribution in [2.24, 2.45) is 0 Å². The Balaban J connectivity index is 2.36. The number of alkyl carbamates (subject to hydrolysis) is 1. The Hall–Kier alpha value is -2.34. The fourth-order valence-electron chi connectivity index (χ4n) is 3.30. The Morgan fingerprint density at radius 2 is 1.93 bits per heavy atom. The summed E-state index contributed by atoms with van der Waals surface area (Å²) in [6.45, 7) is 10.4. The van der Waals surface area contributed by atoms with Gasteiger partial charge in [0.1, 0.15) is 11.6 Å². The number of carbonyl (C=O) groups is 2. The first-order valence-corrected chi connectivity index (χ1v) is 10.3. The number of amides is 1. The van der Waals surface area contributed by atoms with E-state index in [2.05, 4.69) is 23.2 Å². The highest BCUT2D eigenvalue weighted by Crippen LogP contribution is 2.24. The summed E-state index contributed by atoms with van der Waals surface area (Å²) in [5.41, 5.74) is 2.56. The smallest absolute Gasteiger partial charge is 0.408 e. The minimum absolute atomic E-state index is 0.136. The van der Waals surface area contributed by atoms with Crippen LogP contribution < -0.4 is 5.32 Å². The van der Waals surface area contributed by atoms with E-state index in [0.29, 0.717) is 6.42 Å². The lowest BCUT2D eigenvalue weighted by molar-refractivity contribution is 0.0479. The van der Waals surface area contributed by atoms with Crippen LogP contribution in [-0.2, 0) is 11.2 Å². The number of hydrogen-bond acceptors (Lipinski definition) is 4. The standard InChI is InChI=1S/C23H35N3O3/c1-8-9-19(24-22(28)29-23(3,4)5)21(27)26-15-17(12-13-25(6)7)18-14-16(2)10-11-20(18)26/h10-11,14-15,19H,8-9,12-13H2,1-7H3,(H,24,28). The van der Waals surface area contributed by atoms with Gasteiger partial charge >= 0.3 is 6.09 Å². The van der Waals surface area contributed by atoms with Crippen molar-refractivity contribution in [1.29, 1.82) is 0 Å². The number of nitrogens with zero attached hydrogens (tertiary/aromatic N) is 2. The monoisotopic (exact) mass is 401 g/mol. The van der Waals surface area contributed by atoms with E-state index in [1.165, 1.54) is 0 Å². The van der Waals surface area contributed by atoms with Crippen molar-refractivity contribution in [1.82, 2.24) is 14.8 Å². The number of aryl methyl sites for hydroxylation is 1. The molecule has 1 amide bonds. The van der Waals surface area contributed by atoms with Gasteiger partial charge < -0.3 is 15.0 Å². The second-order valence-electron chi connectivity index (χ2n) is 8.92. The normalized spacial score (nSPS) is 13.0. The lowest BCUT2D eigenvalue weighted by atomic mass is 10.1. The fourth-order valence-corrected chi connectivity index (χ4v) is 3.30. The van der Waals surface area contributed by atoms with Crippen molar-refractivity contribution in [2.75, 3.05) is 20.6 Å². The maximum atomic E-state index is 13.4. The molecule has 1 aromatic heterocycles. The van der Waals surface area contributed by atoms with Gasteiger partial charge in [0, 0.05) is 18.1 Å². The summed E-state index contributed by atoms with van der Waals surface area (Å²) >= 11 is 0. The third kappa shape index (κ3) is 6.32. The van der Waals surface area contributed by atoms with Crippen molar-refractivity contribution >= 4 is 22.9 Å². The van der Waals surface area contributed by atoms with Gasteiger partial charge in [-0.2, -0.15) is 0 Å². The average Bonchev–Trinajstić information content (AvgIpc) is 2.95. The van der Waals surface area contributed by atoms with Gasteiger partial charge in [-0.3, -0.25) is 9.36 Å². The average molecular weight is 402 g/mol. The van der Waals surface area contributed by atoms with Gasteiger partial charge in [0.15, 0.2) is 0 Å². The van der Waals surface area contributed by atoms with Crippen LogP contribution in [0.15, 0.2) is 24.4 Å². The van der Waals surface area contributed by atoms with E-state index in [0.717, 1.165) is 41.4 Å². The van der Waals surface area contributed by atoms with Crippen LogP contribution in [0.1, 0.15) is 56.5 Å². The summed E-state index contributed by atoms with van der Waals surface area (Å²) in [6.07, 6.45) is 3.54. The Labute approximate surface area is 174 Å². The molecule has 0 bridgehead atoms. The van der Waals surface area contributed by atoms with E-state index in [1.54, 1.807) is 4.57 Å². The number of likely N-dealkylation sites (N-methyl/N-ethyl adjacent to an activating group) is 1. The molecule has 1 atom stereocenters. The van der Waals surface area contributed by atoms with Crippen molar-refractivity contribution in [3.63, 3.8) is 0 Å². The molecule has 0 saturated carbocycles. The molecule has 29 heavy (non-hydrogen) atoms. The lowest BCUT2D eigenvalue weighted by Crippen LogP contribution is -2.45. The molecule has 0 aliphatic heterocycles. The molecule has 1 unspecified atom stereocenters. The first-order valence-electron chi connectivity index (χ1n) is 10.3. The number of benzene rings is 1. The van der Waals surface area contributed by atoms with Crippen molar-refractivity contribution in [2.45, 2.75) is 65.5 Å². The molecular formula is C23H35N3O3. The second-order valence-corrected chi connectivity index (χ2v) is 8.92. The number of nitrogens with one attached hydrogen (secondary N) is 1. The molecule has 6 heteroatoms. The first-order chi connectivity index (χ1) is 13.5. The number of hydrogen-bond donors (Lipinski definition) is 1. The molecule has 0 radical (unpaired) electrons. The summed E-state index contributed by atoms with van der Waals surface area (Å²) < 4.78 is 7.05. The van der Waals surface area contributed by atoms with Gasteiger partial charge in [-0.15, -0.1) is 0 Å². The van der Waals surface area contributed by atoms with Crippen LogP contribution in [0.3, 0.4) is 0 Å². The van der Waals surface area contributed by atoms with Gasteiger partial charge in [0.2, 0.25) is 0 Å². The van der Waals surface area contributed by atoms with E-state index in [1.807, 2.05) is 60.1 Å². The molecule has 0 spiro atoms. The van der Waals surface area contributed by atoms with E-state index in [-0.39, 0.29) is 5.91 Å². The minimum Gasteiger partial charge on any atom is -0.444 e. The Kier molecular flexibility index (Phi) is 7.47. The quantitative estimate of drug-likeness (QED) is 0.747. The molecule has 0 aliphatic rings. The molecule has 1 aromatic carbocycles. The molecule has 6 nitrogen and oxygen atoms in total. The van der Waals surface area contributed by atoms with E-state index in [4.69, 9.17) is 4.74 Å². The van der Waals surface area contributed by atoms with Crippen LogP contribution in [-0.4, -0.2) is 53.8 Å². The van der Waals surface area contributed by atoms with E-state index >= 15 is 0 Å². The number of carbonyl (C=O) groups excluding carboxylic acids is 2. The zero-order chi connectivity index (χ0) is 21.8. The lowest BCUT2D eigenvalue weighted by Gasteiger charge is -2.23. The van der Waals surface area contributed by atoms with E-state index < -0.39 is 17.7 Å². The molecule has 160 valence electrons. The topological polar surface area (TPSA) is 63.6 Å². The number of rotatable bonds is 7. The van der Waals surface area contributed by atoms with Crippen LogP contribution in [0.25, 0.3) is 10.9 Å². The fraction of sp³-hybridized carbons (Fsp3) is 0.565. The van der Waals surface area contributed by atoms with Crippen LogP contribution in [0.2, 0.25) is 0 Å². The van der Waals surface area contributed by atoms with Crippen LogP contribution >= 0.6 is 0 Å². The maximum absolute atomic E-state index is 13.4. The highest BCUT2D eigenvalue weighted by molar-refractivity contribution is 5.98. The predicted octanol–water partition coefficient (Wildman–Crippen LogP) is 4.39. The van der Waals surface area contributed by atoms with Crippen molar-refractivity contribution < 1.29 is 14.3 Å². The zero-order valence-corrected chi connectivity index (χ0v) is 18.8. The van der Waals surface area contributed by atoms with Gasteiger partial charge in [-0.1, -0.05) is 25.0 Å². The third-order valence-corrected chi connectivity index (χ3v) is 4.67. The third-order valence-electron chi connectivity index (χ3n) is 4.67. The molecular weight excluding hydrogens is 366 g/mol. The first kappa shape index (κ1) is 22.9. The SMILES string of the molecule is CCCC(NC(=O)OC(C)(C)C)C(=O)n1cc(CCN(C)C)c2cc(C)ccc21. The highest BCUT2D eigenvalue weighted by atomic mass is 16.6. The molecule has 1 heterocycles. The van der Waals surface area contributed by atoms with Crippen molar-refractivity contribution in [3.8, 4) is 0 Å². The Morgan fingerprint density at radius 3 is 2.52 bits per heavy atom. The van der Waals surface area contributed by atoms with Gasteiger partial charge in [0.05, 0.1) is 5.52 Å². The Morgan fingerprint density at radius 1 is 1.24 bits per heavy atom. The van der Waals surface area contributed by atoms with Gasteiger partial charge in [0.25, 0.3) is 5.91 Å². The van der Waals surface area contributed by atoms with Gasteiger partial charge in [-0.25, -0.2) is 4.79 Å². The van der Waals surface area contributed by atoms with Crippen molar-refractivity contribution in [3.05, 3.63) is 35.5 Å². The summed E-state index contributed by atoms with van der Waals surface area (Å²) in [6, 6.07) is 5.49. The summed E-state index contributed by atoms with van der Waals surface area (Å²) in [5, 5.41) is 3.86. The predicted molar refractivity (Wildman–Crippen MR) is 118 cm³/mol. The summed E-state index contributed by atoms with van der Waals surface area (Å²) in [5.74, 6) is -0.136. The zero-order valence-electron chi connectivity index (χ0n) is 18.8. The molecule has 0 aliphatic carbocycles.